The molecule has 0 saturated carbocycles. The maximum absolute atomic E-state index is 5.25. The fraction of sp³-hybridized carbons (Fsp3) is 0.833. The summed E-state index contributed by atoms with van der Waals surface area (Å²) in [5.74, 6) is 0. The summed E-state index contributed by atoms with van der Waals surface area (Å²) in [5.41, 5.74) is 0.178. The average molecular weight is 340 g/mol. The monoisotopic (exact) mass is 340 g/mol. The van der Waals surface area contributed by atoms with E-state index in [1.54, 1.807) is 0 Å². The molecule has 0 amide bonds. The van der Waals surface area contributed by atoms with Crippen LogP contribution in [0.25, 0.3) is 0 Å². The van der Waals surface area contributed by atoms with Gasteiger partial charge in [-0.15, -0.1) is 0 Å². The third-order valence-electron chi connectivity index (χ3n) is 1.76. The van der Waals surface area contributed by atoms with Gasteiger partial charge < -0.3 is 24.0 Å². The van der Waals surface area contributed by atoms with Crippen LogP contribution in [0, 0.1) is 55.4 Å². The van der Waals surface area contributed by atoms with E-state index in [1.165, 1.54) is 0 Å². The van der Waals surface area contributed by atoms with Crippen LogP contribution >= 0.6 is 0 Å². The predicted octanol–water partition coefficient (Wildman–Crippen LogP) is 2.66. The number of ether oxygens (including phenoxy) is 1. The smallest absolute Gasteiger partial charge is 0.0594 e. The molecule has 3 heteroatoms. The van der Waals surface area contributed by atoms with Gasteiger partial charge in [-0.05, 0) is 6.54 Å². The van der Waals surface area contributed by atoms with Crippen LogP contribution in [0.1, 0.15) is 27.7 Å². The fourth-order valence-electron chi connectivity index (χ4n) is 1.36. The number of hydrogen-bond acceptors (Lipinski definition) is 2. The van der Waals surface area contributed by atoms with Crippen molar-refractivity contribution in [3.8, 4) is 0 Å². The zero-order chi connectivity index (χ0) is 10.3. The topological polar surface area (TPSA) is 12.5 Å². The first-order valence-corrected chi connectivity index (χ1v) is 5.23. The van der Waals surface area contributed by atoms with Crippen molar-refractivity contribution in [3.05, 3.63) is 14.4 Å². The summed E-state index contributed by atoms with van der Waals surface area (Å²) in [6.45, 7) is 17.4. The minimum atomic E-state index is 0. The van der Waals surface area contributed by atoms with Crippen LogP contribution < -0.4 is 0 Å². The Hall–Kier alpha value is 1.11. The van der Waals surface area contributed by atoms with Crippen molar-refractivity contribution in [2.75, 3.05) is 32.8 Å². The zero-order valence-electron chi connectivity index (χ0n) is 11.2. The second-order valence-electron chi connectivity index (χ2n) is 4.05. The van der Waals surface area contributed by atoms with Crippen LogP contribution in [0.5, 0.6) is 0 Å². The van der Waals surface area contributed by atoms with Crippen LogP contribution in [0.3, 0.4) is 0 Å². The quantitative estimate of drug-likeness (QED) is 0.717. The van der Waals surface area contributed by atoms with Crippen molar-refractivity contribution in [1.29, 1.82) is 0 Å². The van der Waals surface area contributed by atoms with Gasteiger partial charge in [0.05, 0.1) is 13.2 Å². The normalized spacial score (nSPS) is 16.6. The van der Waals surface area contributed by atoms with E-state index in [4.69, 9.17) is 4.74 Å². The second-order valence-corrected chi connectivity index (χ2v) is 4.05. The van der Waals surface area contributed by atoms with Crippen molar-refractivity contribution < 1.29 is 40.3 Å². The van der Waals surface area contributed by atoms with Gasteiger partial charge in [0.25, 0.3) is 0 Å². The Morgan fingerprint density at radius 1 is 1.20 bits per heavy atom. The third-order valence-corrected chi connectivity index (χ3v) is 1.76. The number of hydrogen-bond donors (Lipinski definition) is 0. The molecule has 1 aliphatic rings. The summed E-state index contributed by atoms with van der Waals surface area (Å²) in [6, 6.07) is 0. The molecule has 1 aliphatic heterocycles. The SMILES string of the molecule is CC.[CH2-]C(C)(C)CN1CCOCC1.[CH3-].[La]. The maximum Gasteiger partial charge on any atom is 0.0594 e. The Balaban J connectivity index is -0.000000339. The summed E-state index contributed by atoms with van der Waals surface area (Å²) in [4.78, 5) is 2.41. The molecule has 0 aliphatic carbocycles. The molecule has 0 unspecified atom stereocenters. The van der Waals surface area contributed by atoms with Crippen LogP contribution in [0.4, 0.5) is 0 Å². The van der Waals surface area contributed by atoms with Crippen LogP contribution in [-0.2, 0) is 4.74 Å². The first kappa shape index (κ1) is 21.4. The second kappa shape index (κ2) is 11.6. The standard InChI is InChI=1S/C9H18NO.C2H6.CH3.La/c1-9(2,3)8-10-4-6-11-7-5-10;1-2;;/h1,4-8H2,2-3H3;1-2H3;1H3;/q-1;;-1;. The molecule has 0 aromatic heterocycles. The molecule has 91 valence electrons. The van der Waals surface area contributed by atoms with Gasteiger partial charge >= 0.3 is 0 Å². The summed E-state index contributed by atoms with van der Waals surface area (Å²) >= 11 is 0. The molecular formula is C12H27LaNO-2. The Morgan fingerprint density at radius 2 is 1.60 bits per heavy atom. The van der Waals surface area contributed by atoms with Crippen LogP contribution in [-0.4, -0.2) is 37.7 Å². The molecule has 0 spiro atoms. The van der Waals surface area contributed by atoms with Gasteiger partial charge in [0.15, 0.2) is 0 Å². The minimum absolute atomic E-state index is 0. The summed E-state index contributed by atoms with van der Waals surface area (Å²) in [5, 5.41) is 0. The van der Waals surface area contributed by atoms with Gasteiger partial charge in [-0.25, -0.2) is 0 Å². The third kappa shape index (κ3) is 13.0. The Kier molecular flexibility index (Phi) is 16.5. The van der Waals surface area contributed by atoms with Gasteiger partial charge in [0.2, 0.25) is 0 Å². The molecule has 1 saturated heterocycles. The molecule has 1 heterocycles. The summed E-state index contributed by atoms with van der Waals surface area (Å²) in [7, 11) is 0. The van der Waals surface area contributed by atoms with Crippen LogP contribution in [0.15, 0.2) is 0 Å². The number of morpholine rings is 1. The molecule has 0 bridgehead atoms. The van der Waals surface area contributed by atoms with E-state index in [2.05, 4.69) is 25.7 Å². The molecule has 0 aromatic rings. The van der Waals surface area contributed by atoms with Crippen molar-refractivity contribution >= 4 is 0 Å². The summed E-state index contributed by atoms with van der Waals surface area (Å²) in [6.07, 6.45) is 0. The number of nitrogens with zero attached hydrogens (tertiary/aromatic N) is 1. The Bertz CT molecular complexity index is 117. The van der Waals surface area contributed by atoms with Crippen molar-refractivity contribution in [1.82, 2.24) is 4.90 Å². The van der Waals surface area contributed by atoms with Crippen molar-refractivity contribution in [2.45, 2.75) is 27.7 Å². The largest absolute Gasteiger partial charge is 0.379 e. The van der Waals surface area contributed by atoms with Gasteiger partial charge in [-0.2, -0.15) is 5.41 Å². The molecule has 2 nitrogen and oxygen atoms in total. The first-order valence-electron chi connectivity index (χ1n) is 5.23. The van der Waals surface area contributed by atoms with Gasteiger partial charge in [-0.1, -0.05) is 27.7 Å². The molecule has 0 N–H and O–H groups in total. The zero-order valence-corrected chi connectivity index (χ0v) is 14.8. The van der Waals surface area contributed by atoms with Gasteiger partial charge in [0.1, 0.15) is 0 Å². The van der Waals surface area contributed by atoms with E-state index in [9.17, 15) is 0 Å². The Labute approximate surface area is 125 Å². The molecule has 15 heavy (non-hydrogen) atoms. The van der Waals surface area contributed by atoms with Crippen LogP contribution in [0.2, 0.25) is 0 Å². The first-order chi connectivity index (χ1) is 6.08. The molecular weight excluding hydrogens is 313 g/mol. The number of rotatable bonds is 2. The fourth-order valence-corrected chi connectivity index (χ4v) is 1.36. The molecule has 1 fully saturated rings. The predicted molar refractivity (Wildman–Crippen MR) is 64.2 cm³/mol. The van der Waals surface area contributed by atoms with E-state index < -0.39 is 0 Å². The van der Waals surface area contributed by atoms with E-state index in [-0.39, 0.29) is 48.4 Å². The summed E-state index contributed by atoms with van der Waals surface area (Å²) < 4.78 is 5.25. The van der Waals surface area contributed by atoms with E-state index in [1.807, 2.05) is 13.8 Å². The van der Waals surface area contributed by atoms with Gasteiger partial charge in [0, 0.05) is 48.7 Å². The minimum Gasteiger partial charge on any atom is -0.379 e. The molecule has 0 aromatic carbocycles. The molecule has 0 atom stereocenters. The Morgan fingerprint density at radius 3 is 1.93 bits per heavy atom. The van der Waals surface area contributed by atoms with Gasteiger partial charge in [-0.3, -0.25) is 0 Å². The molecule has 1 radical (unpaired) electrons. The average Bonchev–Trinajstić information content (AvgIpc) is 2.07. The van der Waals surface area contributed by atoms with Crippen molar-refractivity contribution in [2.24, 2.45) is 5.41 Å². The van der Waals surface area contributed by atoms with E-state index >= 15 is 0 Å². The maximum atomic E-state index is 5.25. The van der Waals surface area contributed by atoms with Crippen molar-refractivity contribution in [3.63, 3.8) is 0 Å². The van der Waals surface area contributed by atoms with E-state index in [0.29, 0.717) is 0 Å². The van der Waals surface area contributed by atoms with E-state index in [0.717, 1.165) is 32.8 Å². The molecule has 1 rings (SSSR count).